The van der Waals surface area contributed by atoms with Gasteiger partial charge in [0.2, 0.25) is 0 Å². The highest BCUT2D eigenvalue weighted by Gasteiger charge is 2.24. The standard InChI is InChI=1S/C18H25FN4O2/c1-2-14(7-9-24)21-18(25)22-15-4-3-8-23(12-15)17-6-5-13(11-20)10-16(17)19/h5-6,10,14-15,24H,2-4,7-9,12H2,1H3,(H2,21,22,25). The molecule has 2 rings (SSSR count). The van der Waals surface area contributed by atoms with Crippen molar-refractivity contribution in [2.45, 2.75) is 44.7 Å². The summed E-state index contributed by atoms with van der Waals surface area (Å²) in [4.78, 5) is 14.0. The summed E-state index contributed by atoms with van der Waals surface area (Å²) in [6.07, 6.45) is 2.95. The number of hydrogen-bond acceptors (Lipinski definition) is 4. The number of carbonyl (C=O) groups excluding carboxylic acids is 1. The highest BCUT2D eigenvalue weighted by Crippen LogP contribution is 2.24. The van der Waals surface area contributed by atoms with Gasteiger partial charge >= 0.3 is 6.03 Å². The Balaban J connectivity index is 1.94. The molecule has 0 aliphatic carbocycles. The summed E-state index contributed by atoms with van der Waals surface area (Å²) in [5.74, 6) is -0.418. The van der Waals surface area contributed by atoms with Gasteiger partial charge in [-0.15, -0.1) is 0 Å². The van der Waals surface area contributed by atoms with Crippen LogP contribution in [0.25, 0.3) is 0 Å². The van der Waals surface area contributed by atoms with Gasteiger partial charge in [0.25, 0.3) is 0 Å². The number of hydrogen-bond donors (Lipinski definition) is 3. The van der Waals surface area contributed by atoms with Crippen molar-refractivity contribution in [2.75, 3.05) is 24.6 Å². The lowest BCUT2D eigenvalue weighted by molar-refractivity contribution is 0.223. The van der Waals surface area contributed by atoms with Crippen LogP contribution in [0.4, 0.5) is 14.9 Å². The largest absolute Gasteiger partial charge is 0.396 e. The van der Waals surface area contributed by atoms with Gasteiger partial charge in [0.05, 0.1) is 17.3 Å². The van der Waals surface area contributed by atoms with Gasteiger partial charge in [-0.3, -0.25) is 0 Å². The fourth-order valence-corrected chi connectivity index (χ4v) is 3.09. The van der Waals surface area contributed by atoms with Crippen LogP contribution in [0, 0.1) is 17.1 Å². The molecule has 2 unspecified atom stereocenters. The first-order chi connectivity index (χ1) is 12.1. The summed E-state index contributed by atoms with van der Waals surface area (Å²) in [5, 5.41) is 23.6. The Morgan fingerprint density at radius 1 is 1.56 bits per heavy atom. The van der Waals surface area contributed by atoms with Gasteiger partial charge in [-0.05, 0) is 43.9 Å². The number of aliphatic hydroxyl groups is 1. The number of amides is 2. The SMILES string of the molecule is CCC(CCO)NC(=O)NC1CCCN(c2ccc(C#N)cc2F)C1. The van der Waals surface area contributed by atoms with Crippen LogP contribution in [-0.2, 0) is 0 Å². The first-order valence-electron chi connectivity index (χ1n) is 8.69. The highest BCUT2D eigenvalue weighted by molar-refractivity contribution is 5.74. The number of nitriles is 1. The maximum absolute atomic E-state index is 14.2. The minimum Gasteiger partial charge on any atom is -0.396 e. The fourth-order valence-electron chi connectivity index (χ4n) is 3.09. The Hall–Kier alpha value is -2.33. The van der Waals surface area contributed by atoms with E-state index in [1.807, 2.05) is 17.9 Å². The van der Waals surface area contributed by atoms with Crippen LogP contribution in [0.1, 0.15) is 38.2 Å². The van der Waals surface area contributed by atoms with Crippen molar-refractivity contribution in [3.05, 3.63) is 29.6 Å². The molecule has 1 fully saturated rings. The number of rotatable bonds is 6. The van der Waals surface area contributed by atoms with Crippen LogP contribution in [0.3, 0.4) is 0 Å². The van der Waals surface area contributed by atoms with E-state index in [0.717, 1.165) is 19.3 Å². The maximum atomic E-state index is 14.2. The lowest BCUT2D eigenvalue weighted by atomic mass is 10.0. The van der Waals surface area contributed by atoms with E-state index < -0.39 is 5.82 Å². The number of halogens is 1. The number of nitrogens with zero attached hydrogens (tertiary/aromatic N) is 2. The Labute approximate surface area is 147 Å². The van der Waals surface area contributed by atoms with E-state index in [1.54, 1.807) is 12.1 Å². The van der Waals surface area contributed by atoms with Crippen LogP contribution >= 0.6 is 0 Å². The second-order valence-corrected chi connectivity index (χ2v) is 6.30. The van der Waals surface area contributed by atoms with Gasteiger partial charge in [0.15, 0.2) is 0 Å². The van der Waals surface area contributed by atoms with Crippen molar-refractivity contribution in [2.24, 2.45) is 0 Å². The minimum atomic E-state index is -0.418. The molecule has 136 valence electrons. The summed E-state index contributed by atoms with van der Waals surface area (Å²) >= 11 is 0. The molecular weight excluding hydrogens is 323 g/mol. The molecule has 2 atom stereocenters. The summed E-state index contributed by atoms with van der Waals surface area (Å²) in [5.41, 5.74) is 0.749. The second-order valence-electron chi connectivity index (χ2n) is 6.30. The van der Waals surface area contributed by atoms with E-state index >= 15 is 0 Å². The number of benzene rings is 1. The van der Waals surface area contributed by atoms with Gasteiger partial charge in [-0.2, -0.15) is 5.26 Å². The fraction of sp³-hybridized carbons (Fsp3) is 0.556. The van der Waals surface area contributed by atoms with E-state index in [1.165, 1.54) is 6.07 Å². The van der Waals surface area contributed by atoms with Crippen LogP contribution in [0.15, 0.2) is 18.2 Å². The molecular formula is C18H25FN4O2. The van der Waals surface area contributed by atoms with E-state index in [0.29, 0.717) is 30.8 Å². The van der Waals surface area contributed by atoms with Crippen molar-refractivity contribution in [1.29, 1.82) is 5.26 Å². The van der Waals surface area contributed by atoms with Gasteiger partial charge in [0.1, 0.15) is 5.82 Å². The molecule has 0 aromatic heterocycles. The van der Waals surface area contributed by atoms with Crippen LogP contribution in [-0.4, -0.2) is 42.9 Å². The number of urea groups is 1. The predicted molar refractivity (Wildman–Crippen MR) is 93.8 cm³/mol. The van der Waals surface area contributed by atoms with Crippen molar-refractivity contribution >= 4 is 11.7 Å². The lowest BCUT2D eigenvalue weighted by Crippen LogP contribution is -2.52. The molecule has 0 spiro atoms. The van der Waals surface area contributed by atoms with Gasteiger partial charge < -0.3 is 20.6 Å². The molecule has 1 aromatic rings. The predicted octanol–water partition coefficient (Wildman–Crippen LogP) is 2.13. The molecule has 7 heteroatoms. The smallest absolute Gasteiger partial charge is 0.315 e. The zero-order valence-electron chi connectivity index (χ0n) is 14.5. The molecule has 1 aromatic carbocycles. The third kappa shape index (κ3) is 5.33. The second kappa shape index (κ2) is 9.23. The van der Waals surface area contributed by atoms with E-state index in [-0.39, 0.29) is 24.7 Å². The average molecular weight is 348 g/mol. The molecule has 1 aliphatic rings. The zero-order valence-corrected chi connectivity index (χ0v) is 14.5. The Morgan fingerprint density at radius 3 is 3.00 bits per heavy atom. The monoisotopic (exact) mass is 348 g/mol. The Kier molecular flexibility index (Phi) is 7.02. The van der Waals surface area contributed by atoms with Crippen LogP contribution < -0.4 is 15.5 Å². The molecule has 1 saturated heterocycles. The molecule has 1 aliphatic heterocycles. The summed E-state index contributed by atoms with van der Waals surface area (Å²) < 4.78 is 14.2. The third-order valence-corrected chi connectivity index (χ3v) is 4.48. The van der Waals surface area contributed by atoms with E-state index in [4.69, 9.17) is 10.4 Å². The third-order valence-electron chi connectivity index (χ3n) is 4.48. The van der Waals surface area contributed by atoms with Crippen molar-refractivity contribution in [3.63, 3.8) is 0 Å². The molecule has 1 heterocycles. The number of nitrogens with one attached hydrogen (secondary N) is 2. The van der Waals surface area contributed by atoms with Crippen LogP contribution in [0.5, 0.6) is 0 Å². The average Bonchev–Trinajstić information content (AvgIpc) is 2.61. The summed E-state index contributed by atoms with van der Waals surface area (Å²) in [6, 6.07) is 5.99. The molecule has 0 radical (unpaired) electrons. The topological polar surface area (TPSA) is 88.4 Å². The molecule has 0 bridgehead atoms. The van der Waals surface area contributed by atoms with E-state index in [9.17, 15) is 9.18 Å². The number of aliphatic hydroxyl groups excluding tert-OH is 1. The Bertz CT molecular complexity index is 632. The number of piperidine rings is 1. The minimum absolute atomic E-state index is 0.0357. The van der Waals surface area contributed by atoms with Gasteiger partial charge in [-0.1, -0.05) is 6.92 Å². The molecule has 6 nitrogen and oxygen atoms in total. The number of carbonyl (C=O) groups is 1. The summed E-state index contributed by atoms with van der Waals surface area (Å²) in [6.45, 7) is 3.22. The maximum Gasteiger partial charge on any atom is 0.315 e. The van der Waals surface area contributed by atoms with E-state index in [2.05, 4.69) is 10.6 Å². The molecule has 3 N–H and O–H groups in total. The quantitative estimate of drug-likeness (QED) is 0.735. The molecule has 2 amide bonds. The normalized spacial score (nSPS) is 18.3. The lowest BCUT2D eigenvalue weighted by Gasteiger charge is -2.35. The number of anilines is 1. The van der Waals surface area contributed by atoms with Crippen molar-refractivity contribution in [1.82, 2.24) is 10.6 Å². The highest BCUT2D eigenvalue weighted by atomic mass is 19.1. The Morgan fingerprint density at radius 2 is 2.36 bits per heavy atom. The zero-order chi connectivity index (χ0) is 18.2. The first kappa shape index (κ1) is 19.0. The van der Waals surface area contributed by atoms with Gasteiger partial charge in [0, 0.05) is 31.8 Å². The first-order valence-corrected chi connectivity index (χ1v) is 8.69. The summed E-state index contributed by atoms with van der Waals surface area (Å²) in [7, 11) is 0. The van der Waals surface area contributed by atoms with Crippen molar-refractivity contribution in [3.8, 4) is 6.07 Å². The molecule has 0 saturated carbocycles. The van der Waals surface area contributed by atoms with Crippen molar-refractivity contribution < 1.29 is 14.3 Å². The molecule has 25 heavy (non-hydrogen) atoms. The van der Waals surface area contributed by atoms with Gasteiger partial charge in [-0.25, -0.2) is 9.18 Å². The van der Waals surface area contributed by atoms with Crippen LogP contribution in [0.2, 0.25) is 0 Å².